The third kappa shape index (κ3) is 7.15. The van der Waals surface area contributed by atoms with Crippen molar-refractivity contribution in [3.05, 3.63) is 0 Å². The molecule has 2 nitrogen and oxygen atoms in total. The Bertz CT molecular complexity index is 147. The van der Waals surface area contributed by atoms with E-state index in [4.69, 9.17) is 0 Å². The minimum absolute atomic E-state index is 0.0655. The first-order valence-electron chi connectivity index (χ1n) is 4.84. The summed E-state index contributed by atoms with van der Waals surface area (Å²) in [7, 11) is 1.72. The molecule has 0 aromatic rings. The molecule has 0 bridgehead atoms. The molecule has 0 radical (unpaired) electrons. The molecule has 14 heavy (non-hydrogen) atoms. The first-order valence-corrected chi connectivity index (χ1v) is 4.84. The van der Waals surface area contributed by atoms with Crippen LogP contribution in [0.1, 0.15) is 20.3 Å². The van der Waals surface area contributed by atoms with Gasteiger partial charge in [0.25, 0.3) is 0 Å². The Morgan fingerprint density at radius 1 is 1.36 bits per heavy atom. The average molecular weight is 212 g/mol. The van der Waals surface area contributed by atoms with Crippen LogP contribution >= 0.6 is 0 Å². The lowest BCUT2D eigenvalue weighted by Crippen LogP contribution is -2.39. The summed E-state index contributed by atoms with van der Waals surface area (Å²) in [5.74, 6) is 0. The summed E-state index contributed by atoms with van der Waals surface area (Å²) in [6.45, 7) is 5.53. The van der Waals surface area contributed by atoms with Crippen LogP contribution in [0, 0.1) is 0 Å². The Morgan fingerprint density at radius 2 is 1.93 bits per heavy atom. The van der Waals surface area contributed by atoms with Crippen LogP contribution in [0.4, 0.5) is 13.2 Å². The van der Waals surface area contributed by atoms with Crippen LogP contribution in [0.2, 0.25) is 0 Å². The molecule has 0 aliphatic carbocycles. The largest absolute Gasteiger partial charge is 0.390 e. The average Bonchev–Trinajstić information content (AvgIpc) is 2.09. The van der Waals surface area contributed by atoms with Gasteiger partial charge in [0.1, 0.15) is 0 Å². The van der Waals surface area contributed by atoms with Crippen molar-refractivity contribution >= 4 is 0 Å². The topological polar surface area (TPSA) is 15.3 Å². The van der Waals surface area contributed by atoms with E-state index in [1.54, 1.807) is 11.9 Å². The van der Waals surface area contributed by atoms with Crippen LogP contribution in [-0.4, -0.2) is 43.8 Å². The second-order valence-electron chi connectivity index (χ2n) is 3.50. The zero-order valence-electron chi connectivity index (χ0n) is 8.99. The van der Waals surface area contributed by atoms with Crippen LogP contribution in [0.5, 0.6) is 0 Å². The van der Waals surface area contributed by atoms with Crippen LogP contribution in [-0.2, 0) is 0 Å². The van der Waals surface area contributed by atoms with E-state index in [-0.39, 0.29) is 12.6 Å². The van der Waals surface area contributed by atoms with Crippen molar-refractivity contribution in [1.29, 1.82) is 0 Å². The molecule has 0 saturated heterocycles. The molecule has 86 valence electrons. The molecule has 0 saturated carbocycles. The monoisotopic (exact) mass is 212 g/mol. The van der Waals surface area contributed by atoms with Gasteiger partial charge >= 0.3 is 6.18 Å². The van der Waals surface area contributed by atoms with E-state index in [2.05, 4.69) is 5.32 Å². The van der Waals surface area contributed by atoms with Gasteiger partial charge in [0.2, 0.25) is 0 Å². The van der Waals surface area contributed by atoms with E-state index < -0.39 is 12.6 Å². The Morgan fingerprint density at radius 3 is 2.36 bits per heavy atom. The van der Waals surface area contributed by atoms with Gasteiger partial charge in [-0.25, -0.2) is 0 Å². The standard InChI is InChI=1S/C9H19F3N2/c1-4-13-7-8(2)14(3)6-5-9(10,11)12/h8,13H,4-7H2,1-3H3. The fraction of sp³-hybridized carbons (Fsp3) is 1.00. The number of likely N-dealkylation sites (N-methyl/N-ethyl adjacent to an activating group) is 2. The van der Waals surface area contributed by atoms with Gasteiger partial charge in [0.15, 0.2) is 0 Å². The van der Waals surface area contributed by atoms with Crippen LogP contribution in [0.15, 0.2) is 0 Å². The highest BCUT2D eigenvalue weighted by atomic mass is 19.4. The van der Waals surface area contributed by atoms with Crippen molar-refractivity contribution in [2.45, 2.75) is 32.5 Å². The van der Waals surface area contributed by atoms with Gasteiger partial charge in [-0.2, -0.15) is 13.2 Å². The third-order valence-corrected chi connectivity index (χ3v) is 2.19. The van der Waals surface area contributed by atoms with Crippen molar-refractivity contribution in [3.8, 4) is 0 Å². The summed E-state index contributed by atoms with van der Waals surface area (Å²) >= 11 is 0. The number of hydrogen-bond acceptors (Lipinski definition) is 2. The van der Waals surface area contributed by atoms with E-state index in [0.717, 1.165) is 13.1 Å². The maximum atomic E-state index is 11.9. The molecule has 0 amide bonds. The highest BCUT2D eigenvalue weighted by molar-refractivity contribution is 4.67. The maximum Gasteiger partial charge on any atom is 0.390 e. The van der Waals surface area contributed by atoms with Gasteiger partial charge in [-0.3, -0.25) is 0 Å². The van der Waals surface area contributed by atoms with Gasteiger partial charge in [-0.05, 0) is 20.5 Å². The molecule has 0 aromatic heterocycles. The van der Waals surface area contributed by atoms with E-state index >= 15 is 0 Å². The number of alkyl halides is 3. The second-order valence-corrected chi connectivity index (χ2v) is 3.50. The summed E-state index contributed by atoms with van der Waals surface area (Å²) in [6.07, 6.45) is -4.79. The molecule has 1 atom stereocenters. The summed E-state index contributed by atoms with van der Waals surface area (Å²) in [4.78, 5) is 1.72. The molecule has 0 aromatic carbocycles. The van der Waals surface area contributed by atoms with E-state index in [9.17, 15) is 13.2 Å². The van der Waals surface area contributed by atoms with Crippen LogP contribution in [0.25, 0.3) is 0 Å². The molecular weight excluding hydrogens is 193 g/mol. The van der Waals surface area contributed by atoms with E-state index in [1.165, 1.54) is 0 Å². The Hall–Kier alpha value is -0.290. The van der Waals surface area contributed by atoms with Crippen molar-refractivity contribution in [1.82, 2.24) is 10.2 Å². The SMILES string of the molecule is CCNCC(C)N(C)CCC(F)(F)F. The zero-order chi connectivity index (χ0) is 11.2. The Balaban J connectivity index is 3.67. The van der Waals surface area contributed by atoms with Crippen LogP contribution in [0.3, 0.4) is 0 Å². The molecule has 1 unspecified atom stereocenters. The molecule has 1 N–H and O–H groups in total. The molecule has 0 heterocycles. The van der Waals surface area contributed by atoms with Crippen molar-refractivity contribution in [3.63, 3.8) is 0 Å². The number of nitrogens with zero attached hydrogens (tertiary/aromatic N) is 1. The first-order chi connectivity index (χ1) is 6.37. The van der Waals surface area contributed by atoms with Crippen molar-refractivity contribution in [2.24, 2.45) is 0 Å². The van der Waals surface area contributed by atoms with E-state index in [1.807, 2.05) is 13.8 Å². The minimum Gasteiger partial charge on any atom is -0.315 e. The summed E-state index contributed by atoms with van der Waals surface area (Å²) < 4.78 is 35.7. The fourth-order valence-electron chi connectivity index (χ4n) is 1.03. The van der Waals surface area contributed by atoms with Crippen LogP contribution < -0.4 is 5.32 Å². The van der Waals surface area contributed by atoms with Gasteiger partial charge in [-0.15, -0.1) is 0 Å². The quantitative estimate of drug-likeness (QED) is 0.723. The predicted octanol–water partition coefficient (Wildman–Crippen LogP) is 1.87. The van der Waals surface area contributed by atoms with Crippen molar-refractivity contribution in [2.75, 3.05) is 26.7 Å². The zero-order valence-corrected chi connectivity index (χ0v) is 8.99. The number of hydrogen-bond donors (Lipinski definition) is 1. The highest BCUT2D eigenvalue weighted by Crippen LogP contribution is 2.19. The maximum absolute atomic E-state index is 11.9. The van der Waals surface area contributed by atoms with Gasteiger partial charge in [-0.1, -0.05) is 6.92 Å². The molecule has 0 aliphatic rings. The summed E-state index contributed by atoms with van der Waals surface area (Å²) in [5, 5.41) is 3.10. The molecule has 0 rings (SSSR count). The normalized spacial score (nSPS) is 14.8. The lowest BCUT2D eigenvalue weighted by atomic mass is 10.2. The lowest BCUT2D eigenvalue weighted by Gasteiger charge is -2.25. The Kier molecular flexibility index (Phi) is 6.11. The Labute approximate surface area is 83.5 Å². The smallest absolute Gasteiger partial charge is 0.315 e. The summed E-state index contributed by atoms with van der Waals surface area (Å²) in [5.41, 5.74) is 0. The first kappa shape index (κ1) is 13.7. The lowest BCUT2D eigenvalue weighted by molar-refractivity contribution is -0.138. The second kappa shape index (κ2) is 6.24. The van der Waals surface area contributed by atoms with Gasteiger partial charge < -0.3 is 10.2 Å². The highest BCUT2D eigenvalue weighted by Gasteiger charge is 2.27. The number of rotatable bonds is 6. The van der Waals surface area contributed by atoms with Gasteiger partial charge in [0.05, 0.1) is 6.42 Å². The molecule has 0 spiro atoms. The summed E-state index contributed by atoms with van der Waals surface area (Å²) in [6, 6.07) is 0.136. The van der Waals surface area contributed by atoms with E-state index in [0.29, 0.717) is 0 Å². The number of nitrogens with one attached hydrogen (secondary N) is 1. The third-order valence-electron chi connectivity index (χ3n) is 2.19. The molecule has 0 fully saturated rings. The number of halogens is 3. The minimum atomic E-state index is -4.05. The predicted molar refractivity (Wildman–Crippen MR) is 51.3 cm³/mol. The fourth-order valence-corrected chi connectivity index (χ4v) is 1.03. The molecular formula is C9H19F3N2. The van der Waals surface area contributed by atoms with Crippen molar-refractivity contribution < 1.29 is 13.2 Å². The molecule has 0 aliphatic heterocycles. The molecule has 5 heteroatoms. The van der Waals surface area contributed by atoms with Gasteiger partial charge in [0, 0.05) is 19.1 Å².